The molecule has 1 saturated heterocycles. The van der Waals surface area contributed by atoms with Crippen molar-refractivity contribution in [1.29, 1.82) is 5.26 Å². The third-order valence-corrected chi connectivity index (χ3v) is 6.16. The number of nitrogens with one attached hydrogen (secondary N) is 3. The molecule has 174 valence electrons. The summed E-state index contributed by atoms with van der Waals surface area (Å²) in [6.07, 6.45) is 3.16. The van der Waals surface area contributed by atoms with Gasteiger partial charge in [0.2, 0.25) is 0 Å². The standard InChI is InChI=1S/C23H21BrClN7O2/c1-13-9-14(12-26)10-16(22(33)29-15-4-7-27-8-5-15)20(13)30-23(34)18-11-19(24)31-32(18)21-17(25)3-2-6-28-21/h2-3,6,9-11,15,27H,4-5,7-8H2,1H3,(H,29,33)(H,30,34). The Hall–Kier alpha value is -3.26. The Morgan fingerprint density at radius 1 is 1.26 bits per heavy atom. The first-order chi connectivity index (χ1) is 16.4. The lowest BCUT2D eigenvalue weighted by Gasteiger charge is -2.24. The summed E-state index contributed by atoms with van der Waals surface area (Å²) < 4.78 is 1.75. The van der Waals surface area contributed by atoms with E-state index in [4.69, 9.17) is 11.6 Å². The van der Waals surface area contributed by atoms with Gasteiger partial charge in [0, 0.05) is 18.3 Å². The quantitative estimate of drug-likeness (QED) is 0.452. The molecule has 9 nitrogen and oxygen atoms in total. The summed E-state index contributed by atoms with van der Waals surface area (Å²) in [5, 5.41) is 23.1. The van der Waals surface area contributed by atoms with E-state index in [0.29, 0.717) is 32.3 Å². The van der Waals surface area contributed by atoms with Crippen molar-refractivity contribution < 1.29 is 9.59 Å². The van der Waals surface area contributed by atoms with Gasteiger partial charge in [-0.05, 0) is 78.6 Å². The zero-order valence-electron chi connectivity index (χ0n) is 18.2. The minimum atomic E-state index is -0.511. The number of anilines is 1. The predicted molar refractivity (Wildman–Crippen MR) is 131 cm³/mol. The summed E-state index contributed by atoms with van der Waals surface area (Å²) in [5.41, 5.74) is 1.64. The Labute approximate surface area is 209 Å². The fourth-order valence-electron chi connectivity index (χ4n) is 3.81. The summed E-state index contributed by atoms with van der Waals surface area (Å²) in [4.78, 5) is 30.7. The molecule has 0 radical (unpaired) electrons. The van der Waals surface area contributed by atoms with Gasteiger partial charge in [-0.3, -0.25) is 9.59 Å². The number of hydrogen-bond donors (Lipinski definition) is 3. The van der Waals surface area contributed by atoms with Crippen LogP contribution in [-0.4, -0.2) is 45.7 Å². The van der Waals surface area contributed by atoms with Gasteiger partial charge in [-0.1, -0.05) is 11.6 Å². The van der Waals surface area contributed by atoms with Gasteiger partial charge in [-0.15, -0.1) is 0 Å². The van der Waals surface area contributed by atoms with Crippen LogP contribution in [0.1, 0.15) is 44.8 Å². The maximum Gasteiger partial charge on any atom is 0.274 e. The molecule has 1 aromatic carbocycles. The molecule has 4 rings (SSSR count). The average molecular weight is 543 g/mol. The molecular formula is C23H21BrClN7O2. The maximum absolute atomic E-state index is 13.3. The Bertz CT molecular complexity index is 1290. The molecule has 34 heavy (non-hydrogen) atoms. The van der Waals surface area contributed by atoms with Crippen LogP contribution in [-0.2, 0) is 0 Å². The monoisotopic (exact) mass is 541 g/mol. The van der Waals surface area contributed by atoms with Crippen LogP contribution < -0.4 is 16.0 Å². The molecule has 3 heterocycles. The molecule has 1 fully saturated rings. The summed E-state index contributed by atoms with van der Waals surface area (Å²) in [7, 11) is 0. The van der Waals surface area contributed by atoms with Crippen molar-refractivity contribution in [1.82, 2.24) is 25.4 Å². The minimum Gasteiger partial charge on any atom is -0.349 e. The first-order valence-corrected chi connectivity index (χ1v) is 11.8. The molecule has 1 aliphatic rings. The second-order valence-corrected chi connectivity index (χ2v) is 9.07. The van der Waals surface area contributed by atoms with E-state index in [2.05, 4.69) is 48.0 Å². The zero-order valence-corrected chi connectivity index (χ0v) is 20.6. The topological polar surface area (TPSA) is 125 Å². The van der Waals surface area contributed by atoms with Crippen LogP contribution in [0.3, 0.4) is 0 Å². The average Bonchev–Trinajstić information content (AvgIpc) is 3.22. The Kier molecular flexibility index (Phi) is 7.26. The Balaban J connectivity index is 1.68. The van der Waals surface area contributed by atoms with E-state index in [1.165, 1.54) is 16.8 Å². The SMILES string of the molecule is Cc1cc(C#N)cc(C(=O)NC2CCNCC2)c1NC(=O)c1cc(Br)nn1-c1ncccc1Cl. The number of halogens is 2. The van der Waals surface area contributed by atoms with E-state index in [1.807, 2.05) is 0 Å². The van der Waals surface area contributed by atoms with E-state index in [0.717, 1.165) is 25.9 Å². The van der Waals surface area contributed by atoms with E-state index < -0.39 is 5.91 Å². The molecule has 2 amide bonds. The van der Waals surface area contributed by atoms with Crippen molar-refractivity contribution in [3.8, 4) is 11.9 Å². The van der Waals surface area contributed by atoms with Crippen LogP contribution in [0.5, 0.6) is 0 Å². The van der Waals surface area contributed by atoms with Crippen LogP contribution in [0.2, 0.25) is 5.02 Å². The molecule has 1 aliphatic heterocycles. The fraction of sp³-hybridized carbons (Fsp3) is 0.261. The van der Waals surface area contributed by atoms with E-state index >= 15 is 0 Å². The van der Waals surface area contributed by atoms with Crippen molar-refractivity contribution in [3.63, 3.8) is 0 Å². The molecule has 11 heteroatoms. The van der Waals surface area contributed by atoms with Crippen LogP contribution >= 0.6 is 27.5 Å². The number of rotatable bonds is 5. The van der Waals surface area contributed by atoms with Gasteiger partial charge in [-0.25, -0.2) is 9.67 Å². The molecule has 2 aromatic heterocycles. The lowest BCUT2D eigenvalue weighted by molar-refractivity contribution is 0.0930. The van der Waals surface area contributed by atoms with Gasteiger partial charge in [0.15, 0.2) is 5.82 Å². The van der Waals surface area contributed by atoms with Crippen molar-refractivity contribution in [2.75, 3.05) is 18.4 Å². The third-order valence-electron chi connectivity index (χ3n) is 5.47. The number of piperidine rings is 1. The largest absolute Gasteiger partial charge is 0.349 e. The lowest BCUT2D eigenvalue weighted by Crippen LogP contribution is -2.43. The third kappa shape index (κ3) is 5.12. The second-order valence-electron chi connectivity index (χ2n) is 7.85. The maximum atomic E-state index is 13.3. The van der Waals surface area contributed by atoms with E-state index in [1.54, 1.807) is 31.3 Å². The van der Waals surface area contributed by atoms with Crippen LogP contribution in [0, 0.1) is 18.3 Å². The van der Waals surface area contributed by atoms with Gasteiger partial charge in [0.25, 0.3) is 11.8 Å². The van der Waals surface area contributed by atoms with E-state index in [-0.39, 0.29) is 23.2 Å². The number of carbonyl (C=O) groups is 2. The highest BCUT2D eigenvalue weighted by Gasteiger charge is 2.24. The number of nitrogens with zero attached hydrogens (tertiary/aromatic N) is 4. The molecule has 0 aliphatic carbocycles. The highest BCUT2D eigenvalue weighted by molar-refractivity contribution is 9.10. The van der Waals surface area contributed by atoms with Crippen molar-refractivity contribution in [2.24, 2.45) is 0 Å². The lowest BCUT2D eigenvalue weighted by atomic mass is 10.0. The van der Waals surface area contributed by atoms with Gasteiger partial charge in [0.1, 0.15) is 10.3 Å². The van der Waals surface area contributed by atoms with Gasteiger partial charge in [-0.2, -0.15) is 10.4 Å². The van der Waals surface area contributed by atoms with Gasteiger partial charge >= 0.3 is 0 Å². The number of aryl methyl sites for hydroxylation is 1. The fourth-order valence-corrected chi connectivity index (χ4v) is 4.39. The molecular weight excluding hydrogens is 522 g/mol. The van der Waals surface area contributed by atoms with Crippen LogP contribution in [0.25, 0.3) is 5.82 Å². The predicted octanol–water partition coefficient (Wildman–Crippen LogP) is 3.60. The minimum absolute atomic E-state index is 0.0204. The molecule has 0 unspecified atom stereocenters. The molecule has 0 saturated carbocycles. The normalized spacial score (nSPS) is 13.8. The first-order valence-electron chi connectivity index (χ1n) is 10.6. The number of benzene rings is 1. The zero-order chi connectivity index (χ0) is 24.2. The Morgan fingerprint density at radius 2 is 2.03 bits per heavy atom. The number of pyridine rings is 1. The van der Waals surface area contributed by atoms with Gasteiger partial charge in [0.05, 0.1) is 27.9 Å². The highest BCUT2D eigenvalue weighted by Crippen LogP contribution is 2.26. The number of nitriles is 1. The van der Waals surface area contributed by atoms with Gasteiger partial charge < -0.3 is 16.0 Å². The summed E-state index contributed by atoms with van der Waals surface area (Å²) in [6.45, 7) is 3.38. The summed E-state index contributed by atoms with van der Waals surface area (Å²) in [5.74, 6) is -0.561. The molecule has 0 bridgehead atoms. The van der Waals surface area contributed by atoms with Crippen LogP contribution in [0.4, 0.5) is 5.69 Å². The number of amides is 2. The molecule has 0 atom stereocenters. The summed E-state index contributed by atoms with van der Waals surface area (Å²) >= 11 is 9.56. The highest BCUT2D eigenvalue weighted by atomic mass is 79.9. The van der Waals surface area contributed by atoms with E-state index in [9.17, 15) is 14.9 Å². The smallest absolute Gasteiger partial charge is 0.274 e. The van der Waals surface area contributed by atoms with Crippen molar-refractivity contribution in [3.05, 3.63) is 68.5 Å². The molecule has 3 aromatic rings. The first kappa shape index (κ1) is 23.9. The number of aromatic nitrogens is 3. The molecule has 0 spiro atoms. The van der Waals surface area contributed by atoms with Crippen molar-refractivity contribution >= 4 is 45.0 Å². The number of hydrogen-bond acceptors (Lipinski definition) is 6. The van der Waals surface area contributed by atoms with Crippen LogP contribution in [0.15, 0.2) is 41.1 Å². The van der Waals surface area contributed by atoms with Crippen molar-refractivity contribution in [2.45, 2.75) is 25.8 Å². The summed E-state index contributed by atoms with van der Waals surface area (Å²) in [6, 6.07) is 10.1. The molecule has 3 N–H and O–H groups in total. The number of carbonyl (C=O) groups excluding carboxylic acids is 2. The Morgan fingerprint density at radius 3 is 2.74 bits per heavy atom. The second kappa shape index (κ2) is 10.3.